The van der Waals surface area contributed by atoms with E-state index in [2.05, 4.69) is 25.8 Å². The Labute approximate surface area is 127 Å². The summed E-state index contributed by atoms with van der Waals surface area (Å²) >= 11 is 1.41. The molecule has 0 aliphatic heterocycles. The number of rotatable bonds is 4. The molecule has 2 aromatic rings. The van der Waals surface area contributed by atoms with Gasteiger partial charge in [-0.1, -0.05) is 11.3 Å². The fourth-order valence-electron chi connectivity index (χ4n) is 2.62. The summed E-state index contributed by atoms with van der Waals surface area (Å²) in [4.78, 5) is 17.5. The second-order valence-electron chi connectivity index (χ2n) is 5.25. The van der Waals surface area contributed by atoms with Crippen LogP contribution in [0.3, 0.4) is 0 Å². The fourth-order valence-corrected chi connectivity index (χ4v) is 3.55. The second-order valence-corrected chi connectivity index (χ2v) is 6.25. The first-order valence-corrected chi connectivity index (χ1v) is 8.02. The number of aryl methyl sites for hydroxylation is 2. The Kier molecular flexibility index (Phi) is 3.92. The van der Waals surface area contributed by atoms with Gasteiger partial charge in [0.05, 0.1) is 11.9 Å². The molecule has 0 radical (unpaired) electrons. The number of H-pyrrole nitrogens is 1. The molecule has 112 valence electrons. The molecule has 3 rings (SSSR count). The van der Waals surface area contributed by atoms with Crippen LogP contribution in [-0.4, -0.2) is 33.7 Å². The molecular formula is C14H19N5OS. The first kappa shape index (κ1) is 14.1. The predicted octanol–water partition coefficient (Wildman–Crippen LogP) is 1.89. The fraction of sp³-hybridized carbons (Fsp3) is 0.500. The largest absolute Gasteiger partial charge is 0.362 e. The van der Waals surface area contributed by atoms with Crippen LogP contribution in [0.5, 0.6) is 0 Å². The minimum atomic E-state index is -0.0258. The van der Waals surface area contributed by atoms with E-state index in [0.29, 0.717) is 4.88 Å². The van der Waals surface area contributed by atoms with Crippen molar-refractivity contribution in [3.63, 3.8) is 0 Å². The van der Waals surface area contributed by atoms with Gasteiger partial charge in [-0.3, -0.25) is 9.89 Å². The Balaban J connectivity index is 1.67. The van der Waals surface area contributed by atoms with Crippen molar-refractivity contribution in [2.45, 2.75) is 39.2 Å². The number of thiazole rings is 1. The van der Waals surface area contributed by atoms with Crippen LogP contribution in [0.15, 0.2) is 6.20 Å². The van der Waals surface area contributed by atoms with Gasteiger partial charge < -0.3 is 10.6 Å². The van der Waals surface area contributed by atoms with Gasteiger partial charge in [-0.15, -0.1) is 0 Å². The van der Waals surface area contributed by atoms with Crippen LogP contribution in [-0.2, 0) is 12.8 Å². The van der Waals surface area contributed by atoms with Gasteiger partial charge in [0.25, 0.3) is 5.91 Å². The lowest BCUT2D eigenvalue weighted by molar-refractivity contribution is 0.0937. The number of aromatic nitrogens is 3. The molecule has 3 N–H and O–H groups in total. The number of nitrogens with zero attached hydrogens (tertiary/aromatic N) is 2. The van der Waals surface area contributed by atoms with E-state index in [4.69, 9.17) is 0 Å². The third-order valence-electron chi connectivity index (χ3n) is 3.69. The molecule has 0 fully saturated rings. The van der Waals surface area contributed by atoms with Crippen LogP contribution in [0.1, 0.15) is 40.0 Å². The van der Waals surface area contributed by atoms with Gasteiger partial charge in [-0.05, 0) is 32.3 Å². The number of hydrogen-bond acceptors (Lipinski definition) is 5. The molecule has 0 spiro atoms. The number of aromatic amines is 1. The maximum absolute atomic E-state index is 12.4. The Morgan fingerprint density at radius 2 is 2.43 bits per heavy atom. The summed E-state index contributed by atoms with van der Waals surface area (Å²) in [7, 11) is 0. The summed E-state index contributed by atoms with van der Waals surface area (Å²) in [6, 6.07) is 0.162. The highest BCUT2D eigenvalue weighted by Crippen LogP contribution is 2.24. The quantitative estimate of drug-likeness (QED) is 0.805. The summed E-state index contributed by atoms with van der Waals surface area (Å²) in [5, 5.41) is 14.1. The van der Waals surface area contributed by atoms with Crippen LogP contribution in [0.2, 0.25) is 0 Å². The van der Waals surface area contributed by atoms with Crippen molar-refractivity contribution in [3.8, 4) is 0 Å². The maximum Gasteiger partial charge on any atom is 0.263 e. The second kappa shape index (κ2) is 5.85. The van der Waals surface area contributed by atoms with Crippen LogP contribution in [0, 0.1) is 6.92 Å². The zero-order valence-corrected chi connectivity index (χ0v) is 13.0. The first-order chi connectivity index (χ1) is 10.2. The Hall–Kier alpha value is -1.89. The number of nitrogens with one attached hydrogen (secondary N) is 3. The minimum Gasteiger partial charge on any atom is -0.362 e. The minimum absolute atomic E-state index is 0.0258. The van der Waals surface area contributed by atoms with Crippen molar-refractivity contribution in [1.29, 1.82) is 0 Å². The number of fused-ring (bicyclic) bond motifs is 1. The van der Waals surface area contributed by atoms with Crippen molar-refractivity contribution in [2.24, 2.45) is 0 Å². The molecule has 0 aromatic carbocycles. The van der Waals surface area contributed by atoms with Crippen molar-refractivity contribution < 1.29 is 4.79 Å². The normalized spacial score (nSPS) is 17.3. The van der Waals surface area contributed by atoms with E-state index in [1.165, 1.54) is 16.9 Å². The molecule has 0 saturated carbocycles. The molecule has 21 heavy (non-hydrogen) atoms. The zero-order valence-electron chi connectivity index (χ0n) is 12.2. The van der Waals surface area contributed by atoms with E-state index in [0.717, 1.165) is 42.3 Å². The Morgan fingerprint density at radius 3 is 3.24 bits per heavy atom. The van der Waals surface area contributed by atoms with E-state index in [1.54, 1.807) is 0 Å². The summed E-state index contributed by atoms with van der Waals surface area (Å²) in [5.41, 5.74) is 3.19. The molecule has 2 heterocycles. The number of hydrogen-bond donors (Lipinski definition) is 3. The number of anilines is 1. The topological polar surface area (TPSA) is 82.7 Å². The molecule has 0 saturated heterocycles. The third-order valence-corrected chi connectivity index (χ3v) is 4.80. The monoisotopic (exact) mass is 305 g/mol. The summed E-state index contributed by atoms with van der Waals surface area (Å²) < 4.78 is 0. The molecule has 0 bridgehead atoms. The van der Waals surface area contributed by atoms with Crippen LogP contribution in [0.25, 0.3) is 0 Å². The van der Waals surface area contributed by atoms with Gasteiger partial charge in [0.15, 0.2) is 5.13 Å². The number of carbonyl (C=O) groups excluding carboxylic acids is 1. The highest BCUT2D eigenvalue weighted by molar-refractivity contribution is 7.17. The first-order valence-electron chi connectivity index (χ1n) is 7.20. The lowest BCUT2D eigenvalue weighted by atomic mass is 9.94. The zero-order chi connectivity index (χ0) is 14.8. The van der Waals surface area contributed by atoms with Gasteiger partial charge >= 0.3 is 0 Å². The Bertz CT molecular complexity index is 648. The van der Waals surface area contributed by atoms with Crippen molar-refractivity contribution in [2.75, 3.05) is 11.9 Å². The molecule has 6 nitrogen and oxygen atoms in total. The van der Waals surface area contributed by atoms with Gasteiger partial charge in [0.2, 0.25) is 0 Å². The summed E-state index contributed by atoms with van der Waals surface area (Å²) in [6.07, 6.45) is 4.61. The van der Waals surface area contributed by atoms with Crippen molar-refractivity contribution in [3.05, 3.63) is 28.0 Å². The molecule has 2 aromatic heterocycles. The molecule has 7 heteroatoms. The van der Waals surface area contributed by atoms with Crippen molar-refractivity contribution in [1.82, 2.24) is 20.5 Å². The highest BCUT2D eigenvalue weighted by atomic mass is 32.1. The molecular weight excluding hydrogens is 286 g/mol. The van der Waals surface area contributed by atoms with E-state index < -0.39 is 0 Å². The van der Waals surface area contributed by atoms with E-state index >= 15 is 0 Å². The molecule has 1 aliphatic rings. The highest BCUT2D eigenvalue weighted by Gasteiger charge is 2.23. The molecule has 1 atom stereocenters. The van der Waals surface area contributed by atoms with Crippen LogP contribution < -0.4 is 10.6 Å². The van der Waals surface area contributed by atoms with E-state index in [1.807, 2.05) is 20.0 Å². The van der Waals surface area contributed by atoms with Crippen LogP contribution in [0.4, 0.5) is 5.13 Å². The van der Waals surface area contributed by atoms with E-state index in [9.17, 15) is 4.79 Å². The number of amides is 1. The standard InChI is InChI=1S/C14H19N5OS/c1-3-15-14-17-8(2)12(21-14)13(20)18-10-5-4-9-7-16-19-11(9)6-10/h7,10H,3-6H2,1-2H3,(H,15,17)(H,16,19)(H,18,20)/t10-/m1/s1. The van der Waals surface area contributed by atoms with E-state index in [-0.39, 0.29) is 11.9 Å². The molecule has 1 amide bonds. The lowest BCUT2D eigenvalue weighted by Crippen LogP contribution is -2.38. The summed E-state index contributed by atoms with van der Waals surface area (Å²) in [6.45, 7) is 4.69. The lowest BCUT2D eigenvalue weighted by Gasteiger charge is -2.22. The van der Waals surface area contributed by atoms with Gasteiger partial charge in [0, 0.05) is 24.7 Å². The smallest absolute Gasteiger partial charge is 0.263 e. The average molecular weight is 305 g/mol. The third kappa shape index (κ3) is 2.92. The maximum atomic E-state index is 12.4. The SMILES string of the molecule is CCNc1nc(C)c(C(=O)N[C@@H]2CCc3cn[nH]c3C2)s1. The predicted molar refractivity (Wildman–Crippen MR) is 82.9 cm³/mol. The van der Waals surface area contributed by atoms with Crippen molar-refractivity contribution >= 4 is 22.4 Å². The van der Waals surface area contributed by atoms with Gasteiger partial charge in [0.1, 0.15) is 4.88 Å². The Morgan fingerprint density at radius 1 is 1.57 bits per heavy atom. The van der Waals surface area contributed by atoms with Gasteiger partial charge in [-0.25, -0.2) is 4.98 Å². The molecule has 1 aliphatic carbocycles. The molecule has 0 unspecified atom stereocenters. The van der Waals surface area contributed by atoms with Crippen LogP contribution >= 0.6 is 11.3 Å². The summed E-state index contributed by atoms with van der Waals surface area (Å²) in [5.74, 6) is -0.0258. The van der Waals surface area contributed by atoms with Gasteiger partial charge in [-0.2, -0.15) is 5.10 Å². The average Bonchev–Trinajstić information content (AvgIpc) is 3.05. The number of carbonyl (C=O) groups is 1.